The zero-order valence-corrected chi connectivity index (χ0v) is 15.6. The average molecular weight is 384 g/mol. The second-order valence-electron chi connectivity index (χ2n) is 5.75. The number of nitrogens with zero attached hydrogens (tertiary/aromatic N) is 3. The maximum absolute atomic E-state index is 12.8. The SMILES string of the molecule is CCNC(=O)c1ccc(Cl)cc1NC(=O)c1cnn(-c2ccccn2)c1C. The second kappa shape index (κ2) is 8.01. The summed E-state index contributed by atoms with van der Waals surface area (Å²) in [5.74, 6) is -0.0623. The molecule has 138 valence electrons. The number of benzene rings is 1. The van der Waals surface area contributed by atoms with Crippen LogP contribution in [0.15, 0.2) is 48.8 Å². The summed E-state index contributed by atoms with van der Waals surface area (Å²) in [7, 11) is 0. The van der Waals surface area contributed by atoms with Gasteiger partial charge in [0.2, 0.25) is 0 Å². The Morgan fingerprint density at radius 2 is 1.96 bits per heavy atom. The third-order valence-electron chi connectivity index (χ3n) is 3.93. The molecule has 2 heterocycles. The summed E-state index contributed by atoms with van der Waals surface area (Å²) in [6.45, 7) is 4.07. The number of hydrogen-bond donors (Lipinski definition) is 2. The van der Waals surface area contributed by atoms with Crippen molar-refractivity contribution in [3.8, 4) is 5.82 Å². The number of pyridine rings is 1. The van der Waals surface area contributed by atoms with E-state index in [1.807, 2.05) is 13.0 Å². The number of anilines is 1. The zero-order valence-electron chi connectivity index (χ0n) is 14.9. The molecule has 0 aliphatic heterocycles. The highest BCUT2D eigenvalue weighted by Gasteiger charge is 2.19. The average Bonchev–Trinajstić information content (AvgIpc) is 3.04. The molecule has 0 fully saturated rings. The molecule has 3 rings (SSSR count). The molecule has 2 N–H and O–H groups in total. The van der Waals surface area contributed by atoms with Gasteiger partial charge in [-0.2, -0.15) is 5.10 Å². The molecule has 0 aliphatic rings. The van der Waals surface area contributed by atoms with Gasteiger partial charge in [-0.15, -0.1) is 0 Å². The zero-order chi connectivity index (χ0) is 19.4. The van der Waals surface area contributed by atoms with Gasteiger partial charge < -0.3 is 10.6 Å². The Kier molecular flexibility index (Phi) is 5.52. The van der Waals surface area contributed by atoms with Gasteiger partial charge in [0.25, 0.3) is 11.8 Å². The van der Waals surface area contributed by atoms with E-state index in [1.54, 1.807) is 48.1 Å². The van der Waals surface area contributed by atoms with Crippen LogP contribution in [0.5, 0.6) is 0 Å². The Morgan fingerprint density at radius 3 is 2.67 bits per heavy atom. The van der Waals surface area contributed by atoms with Crippen LogP contribution in [0.2, 0.25) is 5.02 Å². The maximum Gasteiger partial charge on any atom is 0.259 e. The Balaban J connectivity index is 1.90. The standard InChI is InChI=1S/C19H18ClN5O2/c1-3-21-18(26)14-8-7-13(20)10-16(14)24-19(27)15-11-23-25(12(15)2)17-6-4-5-9-22-17/h4-11H,3H2,1-2H3,(H,21,26)(H,24,27). The first-order valence-electron chi connectivity index (χ1n) is 8.36. The second-order valence-corrected chi connectivity index (χ2v) is 6.18. The van der Waals surface area contributed by atoms with Gasteiger partial charge in [0.15, 0.2) is 5.82 Å². The van der Waals surface area contributed by atoms with E-state index in [9.17, 15) is 9.59 Å². The predicted octanol–water partition coefficient (Wildman–Crippen LogP) is 3.23. The molecule has 0 unspecified atom stereocenters. The summed E-state index contributed by atoms with van der Waals surface area (Å²) in [5, 5.41) is 10.1. The van der Waals surface area contributed by atoms with Crippen LogP contribution >= 0.6 is 11.6 Å². The molecular formula is C19H18ClN5O2. The molecule has 0 spiro atoms. The summed E-state index contributed by atoms with van der Waals surface area (Å²) in [4.78, 5) is 29.2. The van der Waals surface area contributed by atoms with Crippen molar-refractivity contribution in [3.05, 3.63) is 70.6 Å². The van der Waals surface area contributed by atoms with Crippen molar-refractivity contribution in [2.24, 2.45) is 0 Å². The maximum atomic E-state index is 12.8. The molecule has 7 nitrogen and oxygen atoms in total. The van der Waals surface area contributed by atoms with E-state index >= 15 is 0 Å². The first kappa shape index (κ1) is 18.6. The highest BCUT2D eigenvalue weighted by atomic mass is 35.5. The molecule has 1 aromatic carbocycles. The lowest BCUT2D eigenvalue weighted by molar-refractivity contribution is 0.0956. The third kappa shape index (κ3) is 3.98. The molecule has 0 aliphatic carbocycles. The molecule has 27 heavy (non-hydrogen) atoms. The summed E-state index contributed by atoms with van der Waals surface area (Å²) >= 11 is 6.04. The Labute approximate surface area is 161 Å². The lowest BCUT2D eigenvalue weighted by atomic mass is 10.1. The van der Waals surface area contributed by atoms with E-state index in [1.165, 1.54) is 6.20 Å². The fourth-order valence-corrected chi connectivity index (χ4v) is 2.78. The van der Waals surface area contributed by atoms with Gasteiger partial charge in [-0.1, -0.05) is 17.7 Å². The van der Waals surface area contributed by atoms with Gasteiger partial charge in [0.1, 0.15) is 0 Å². The molecule has 3 aromatic rings. The molecule has 2 aromatic heterocycles. The minimum Gasteiger partial charge on any atom is -0.352 e. The molecular weight excluding hydrogens is 366 g/mol. The van der Waals surface area contributed by atoms with Crippen LogP contribution in [0.1, 0.15) is 33.3 Å². The van der Waals surface area contributed by atoms with Crippen molar-refractivity contribution in [1.82, 2.24) is 20.1 Å². The lowest BCUT2D eigenvalue weighted by Gasteiger charge is -2.11. The molecule has 0 atom stereocenters. The number of aromatic nitrogens is 3. The molecule has 8 heteroatoms. The normalized spacial score (nSPS) is 10.5. The van der Waals surface area contributed by atoms with E-state index in [4.69, 9.17) is 11.6 Å². The van der Waals surface area contributed by atoms with E-state index in [-0.39, 0.29) is 11.8 Å². The molecule has 2 amide bonds. The van der Waals surface area contributed by atoms with Crippen LogP contribution in [0, 0.1) is 6.92 Å². The van der Waals surface area contributed by atoms with Gasteiger partial charge in [0.05, 0.1) is 28.7 Å². The quantitative estimate of drug-likeness (QED) is 0.707. The summed E-state index contributed by atoms with van der Waals surface area (Å²) in [6.07, 6.45) is 3.12. The Hall–Kier alpha value is -3.19. The van der Waals surface area contributed by atoms with Crippen LogP contribution in [0.25, 0.3) is 5.82 Å². The number of nitrogens with one attached hydrogen (secondary N) is 2. The van der Waals surface area contributed by atoms with E-state index < -0.39 is 0 Å². The topological polar surface area (TPSA) is 88.9 Å². The highest BCUT2D eigenvalue weighted by Crippen LogP contribution is 2.23. The van der Waals surface area contributed by atoms with Crippen molar-refractivity contribution in [2.75, 3.05) is 11.9 Å². The van der Waals surface area contributed by atoms with Crippen LogP contribution in [0.3, 0.4) is 0 Å². The Bertz CT molecular complexity index is 985. The van der Waals surface area contributed by atoms with E-state index in [2.05, 4.69) is 20.7 Å². The number of hydrogen-bond acceptors (Lipinski definition) is 4. The fourth-order valence-electron chi connectivity index (χ4n) is 2.61. The van der Waals surface area contributed by atoms with Gasteiger partial charge in [-0.05, 0) is 44.2 Å². The number of carbonyl (C=O) groups excluding carboxylic acids is 2. The minimum absolute atomic E-state index is 0.287. The summed E-state index contributed by atoms with van der Waals surface area (Å²) in [5.41, 5.74) is 1.68. The van der Waals surface area contributed by atoms with Crippen LogP contribution < -0.4 is 10.6 Å². The number of halogens is 1. The number of amides is 2. The number of carbonyl (C=O) groups is 2. The number of rotatable bonds is 5. The monoisotopic (exact) mass is 383 g/mol. The van der Waals surface area contributed by atoms with Crippen molar-refractivity contribution >= 4 is 29.1 Å². The summed E-state index contributed by atoms with van der Waals surface area (Å²) < 4.78 is 1.58. The van der Waals surface area contributed by atoms with Crippen molar-refractivity contribution in [3.63, 3.8) is 0 Å². The van der Waals surface area contributed by atoms with Gasteiger partial charge in [-0.3, -0.25) is 9.59 Å². The fraction of sp³-hybridized carbons (Fsp3) is 0.158. The molecule has 0 radical (unpaired) electrons. The van der Waals surface area contributed by atoms with E-state index in [0.29, 0.717) is 39.9 Å². The lowest BCUT2D eigenvalue weighted by Crippen LogP contribution is -2.25. The molecule has 0 saturated carbocycles. The van der Waals surface area contributed by atoms with E-state index in [0.717, 1.165) is 0 Å². The van der Waals surface area contributed by atoms with Gasteiger partial charge in [-0.25, -0.2) is 9.67 Å². The van der Waals surface area contributed by atoms with Crippen LogP contribution in [-0.4, -0.2) is 33.1 Å². The van der Waals surface area contributed by atoms with Crippen LogP contribution in [-0.2, 0) is 0 Å². The largest absolute Gasteiger partial charge is 0.352 e. The minimum atomic E-state index is -0.387. The third-order valence-corrected chi connectivity index (χ3v) is 4.17. The van der Waals surface area contributed by atoms with Crippen LogP contribution in [0.4, 0.5) is 5.69 Å². The smallest absolute Gasteiger partial charge is 0.259 e. The first-order chi connectivity index (χ1) is 13.0. The van der Waals surface area contributed by atoms with Gasteiger partial charge >= 0.3 is 0 Å². The van der Waals surface area contributed by atoms with Crippen molar-refractivity contribution in [2.45, 2.75) is 13.8 Å². The van der Waals surface area contributed by atoms with Crippen molar-refractivity contribution in [1.29, 1.82) is 0 Å². The summed E-state index contributed by atoms with van der Waals surface area (Å²) in [6, 6.07) is 10.2. The first-order valence-corrected chi connectivity index (χ1v) is 8.74. The highest BCUT2D eigenvalue weighted by molar-refractivity contribution is 6.31. The molecule has 0 bridgehead atoms. The predicted molar refractivity (Wildman–Crippen MR) is 104 cm³/mol. The Morgan fingerprint density at radius 1 is 1.15 bits per heavy atom. The molecule has 0 saturated heterocycles. The van der Waals surface area contributed by atoms with Crippen molar-refractivity contribution < 1.29 is 9.59 Å². The van der Waals surface area contributed by atoms with Gasteiger partial charge in [0, 0.05) is 17.8 Å².